The molecule has 0 aliphatic rings. The summed E-state index contributed by atoms with van der Waals surface area (Å²) in [5.41, 5.74) is 3.67. The summed E-state index contributed by atoms with van der Waals surface area (Å²) in [5, 5.41) is 5.22. The van der Waals surface area contributed by atoms with E-state index < -0.39 is 0 Å². The molecule has 7 heteroatoms. The van der Waals surface area contributed by atoms with Crippen LogP contribution in [0.2, 0.25) is 0 Å². The highest BCUT2D eigenvalue weighted by atomic mass is 32.1. The molecule has 122 valence electrons. The summed E-state index contributed by atoms with van der Waals surface area (Å²) in [6.07, 6.45) is 3.36. The number of aromatic nitrogens is 3. The predicted molar refractivity (Wildman–Crippen MR) is 93.6 cm³/mol. The zero-order valence-electron chi connectivity index (χ0n) is 13.5. The molecule has 1 amide bonds. The minimum Gasteiger partial charge on any atom is -0.495 e. The molecule has 0 fully saturated rings. The minimum absolute atomic E-state index is 0.287. The molecule has 0 aromatic carbocycles. The molecular weight excluding hydrogens is 324 g/mol. The van der Waals surface area contributed by atoms with Crippen molar-refractivity contribution in [2.24, 2.45) is 0 Å². The third-order valence-electron chi connectivity index (χ3n) is 3.31. The lowest BCUT2D eigenvalue weighted by Gasteiger charge is -2.08. The third-order valence-corrected chi connectivity index (χ3v) is 4.18. The number of pyridine rings is 2. The van der Waals surface area contributed by atoms with Crippen molar-refractivity contribution in [3.05, 3.63) is 53.1 Å². The van der Waals surface area contributed by atoms with Gasteiger partial charge in [-0.2, -0.15) is 0 Å². The lowest BCUT2D eigenvalue weighted by atomic mass is 10.1. The summed E-state index contributed by atoms with van der Waals surface area (Å²) < 4.78 is 5.20. The van der Waals surface area contributed by atoms with Gasteiger partial charge in [-0.3, -0.25) is 15.1 Å². The van der Waals surface area contributed by atoms with Crippen LogP contribution in [-0.2, 0) is 0 Å². The van der Waals surface area contributed by atoms with E-state index in [1.165, 1.54) is 11.3 Å². The monoisotopic (exact) mass is 340 g/mol. The Morgan fingerprint density at radius 2 is 1.92 bits per heavy atom. The number of carbonyl (C=O) groups is 1. The highest BCUT2D eigenvalue weighted by Crippen LogP contribution is 2.24. The number of ether oxygens (including phenoxy) is 1. The Morgan fingerprint density at radius 3 is 2.62 bits per heavy atom. The molecule has 3 aromatic heterocycles. The van der Waals surface area contributed by atoms with E-state index in [4.69, 9.17) is 4.74 Å². The fourth-order valence-electron chi connectivity index (χ4n) is 2.21. The highest BCUT2D eigenvalue weighted by molar-refractivity contribution is 7.13. The molecular formula is C17H16N4O2S. The molecule has 3 rings (SSSR count). The molecule has 6 nitrogen and oxygen atoms in total. The Morgan fingerprint density at radius 1 is 1.08 bits per heavy atom. The van der Waals surface area contributed by atoms with Crippen molar-refractivity contribution in [1.82, 2.24) is 15.0 Å². The van der Waals surface area contributed by atoms with Crippen LogP contribution in [0.3, 0.4) is 0 Å². The van der Waals surface area contributed by atoms with E-state index in [1.807, 2.05) is 31.4 Å². The maximum absolute atomic E-state index is 12.4. The first-order valence-corrected chi connectivity index (χ1v) is 8.14. The largest absolute Gasteiger partial charge is 0.495 e. The topological polar surface area (TPSA) is 77.0 Å². The summed E-state index contributed by atoms with van der Waals surface area (Å²) in [6, 6.07) is 5.51. The quantitative estimate of drug-likeness (QED) is 0.787. The van der Waals surface area contributed by atoms with Crippen molar-refractivity contribution >= 4 is 22.4 Å². The smallest absolute Gasteiger partial charge is 0.276 e. The number of thiazole rings is 1. The van der Waals surface area contributed by atoms with Crippen LogP contribution in [0.1, 0.15) is 21.9 Å². The Balaban J connectivity index is 1.92. The second-order valence-corrected chi connectivity index (χ2v) is 6.10. The molecule has 0 bridgehead atoms. The Kier molecular flexibility index (Phi) is 4.52. The summed E-state index contributed by atoms with van der Waals surface area (Å²) in [5.74, 6) is 0.372. The molecule has 3 aromatic rings. The van der Waals surface area contributed by atoms with Crippen molar-refractivity contribution in [3.8, 4) is 16.9 Å². The zero-order chi connectivity index (χ0) is 17.1. The van der Waals surface area contributed by atoms with E-state index in [-0.39, 0.29) is 5.91 Å². The van der Waals surface area contributed by atoms with Crippen molar-refractivity contribution in [2.45, 2.75) is 13.8 Å². The van der Waals surface area contributed by atoms with E-state index in [0.717, 1.165) is 22.5 Å². The van der Waals surface area contributed by atoms with Crippen molar-refractivity contribution in [2.75, 3.05) is 12.4 Å². The first-order chi connectivity index (χ1) is 11.5. The van der Waals surface area contributed by atoms with Gasteiger partial charge in [0.05, 0.1) is 19.0 Å². The van der Waals surface area contributed by atoms with Gasteiger partial charge in [0.15, 0.2) is 5.13 Å². The van der Waals surface area contributed by atoms with Gasteiger partial charge in [-0.25, -0.2) is 9.97 Å². The Bertz CT molecular complexity index is 892. The van der Waals surface area contributed by atoms with Gasteiger partial charge in [0.2, 0.25) is 0 Å². The number of nitrogens with one attached hydrogen (secondary N) is 1. The average molecular weight is 340 g/mol. The number of anilines is 1. The molecule has 0 saturated heterocycles. The van der Waals surface area contributed by atoms with Crippen LogP contribution in [0.4, 0.5) is 5.13 Å². The molecule has 0 unspecified atom stereocenters. The normalized spacial score (nSPS) is 10.5. The van der Waals surface area contributed by atoms with Gasteiger partial charge in [-0.05, 0) is 37.6 Å². The number of nitrogens with zero attached hydrogens (tertiary/aromatic N) is 3. The van der Waals surface area contributed by atoms with Crippen LogP contribution >= 0.6 is 11.3 Å². The predicted octanol–water partition coefficient (Wildman–Crippen LogP) is 3.48. The first-order valence-electron chi connectivity index (χ1n) is 7.27. The lowest BCUT2D eigenvalue weighted by molar-refractivity contribution is 0.102. The van der Waals surface area contributed by atoms with Gasteiger partial charge in [0.1, 0.15) is 11.4 Å². The summed E-state index contributed by atoms with van der Waals surface area (Å²) in [4.78, 5) is 25.1. The van der Waals surface area contributed by atoms with Crippen LogP contribution in [0.25, 0.3) is 11.1 Å². The first kappa shape index (κ1) is 16.1. The van der Waals surface area contributed by atoms with Gasteiger partial charge in [-0.15, -0.1) is 11.3 Å². The second kappa shape index (κ2) is 6.76. The summed E-state index contributed by atoms with van der Waals surface area (Å²) in [6.45, 7) is 3.73. The minimum atomic E-state index is -0.287. The summed E-state index contributed by atoms with van der Waals surface area (Å²) in [7, 11) is 1.59. The maximum Gasteiger partial charge on any atom is 0.276 e. The average Bonchev–Trinajstić information content (AvgIpc) is 2.99. The number of aryl methyl sites for hydroxylation is 2. The molecule has 0 saturated carbocycles. The standard InChI is InChI=1S/C17H16N4O2S/c1-10-4-12(13-5-14(23-3)8-18-7-13)6-15(19-10)16(22)21-17-20-11(2)9-24-17/h4-9H,1-3H3,(H,20,21,22). The van der Waals surface area contributed by atoms with Crippen LogP contribution in [0.15, 0.2) is 36.0 Å². The number of hydrogen-bond acceptors (Lipinski definition) is 6. The van der Waals surface area contributed by atoms with Gasteiger partial charge in [0.25, 0.3) is 5.91 Å². The molecule has 0 atom stereocenters. The van der Waals surface area contributed by atoms with Crippen LogP contribution < -0.4 is 10.1 Å². The number of carbonyl (C=O) groups excluding carboxylic acids is 1. The van der Waals surface area contributed by atoms with Gasteiger partial charge < -0.3 is 4.74 Å². The molecule has 1 N–H and O–H groups in total. The van der Waals surface area contributed by atoms with Gasteiger partial charge >= 0.3 is 0 Å². The van der Waals surface area contributed by atoms with Crippen LogP contribution in [0, 0.1) is 13.8 Å². The fourth-order valence-corrected chi connectivity index (χ4v) is 2.90. The van der Waals surface area contributed by atoms with E-state index >= 15 is 0 Å². The van der Waals surface area contributed by atoms with Crippen LogP contribution in [-0.4, -0.2) is 28.0 Å². The number of amides is 1. The molecule has 0 spiro atoms. The number of methoxy groups -OCH3 is 1. The van der Waals surface area contributed by atoms with Gasteiger partial charge in [0, 0.05) is 22.8 Å². The highest BCUT2D eigenvalue weighted by Gasteiger charge is 2.13. The van der Waals surface area contributed by atoms with E-state index in [0.29, 0.717) is 16.6 Å². The van der Waals surface area contributed by atoms with E-state index in [1.54, 1.807) is 25.6 Å². The maximum atomic E-state index is 12.4. The SMILES string of the molecule is COc1cncc(-c2cc(C)nc(C(=O)Nc3nc(C)cs3)c2)c1. The number of rotatable bonds is 4. The molecule has 0 aliphatic carbocycles. The second-order valence-electron chi connectivity index (χ2n) is 5.24. The molecule has 3 heterocycles. The molecule has 0 aliphatic heterocycles. The van der Waals surface area contributed by atoms with Crippen molar-refractivity contribution in [3.63, 3.8) is 0 Å². The van der Waals surface area contributed by atoms with E-state index in [9.17, 15) is 4.79 Å². The van der Waals surface area contributed by atoms with Crippen molar-refractivity contribution in [1.29, 1.82) is 0 Å². The van der Waals surface area contributed by atoms with E-state index in [2.05, 4.69) is 20.3 Å². The molecule has 24 heavy (non-hydrogen) atoms. The van der Waals surface area contributed by atoms with Crippen LogP contribution in [0.5, 0.6) is 5.75 Å². The third kappa shape index (κ3) is 3.57. The lowest BCUT2D eigenvalue weighted by Crippen LogP contribution is -2.14. The fraction of sp³-hybridized carbons (Fsp3) is 0.176. The Hall–Kier alpha value is -2.80. The van der Waals surface area contributed by atoms with Gasteiger partial charge in [-0.1, -0.05) is 0 Å². The summed E-state index contributed by atoms with van der Waals surface area (Å²) >= 11 is 1.38. The zero-order valence-corrected chi connectivity index (χ0v) is 14.3. The van der Waals surface area contributed by atoms with Crippen molar-refractivity contribution < 1.29 is 9.53 Å². The Labute approximate surface area is 143 Å². The number of hydrogen-bond donors (Lipinski definition) is 1. The molecule has 0 radical (unpaired) electrons.